The van der Waals surface area contributed by atoms with Crippen molar-refractivity contribution in [1.29, 1.82) is 0 Å². The number of hydrogen-bond acceptors (Lipinski definition) is 4. The molecule has 0 aromatic heterocycles. The summed E-state index contributed by atoms with van der Waals surface area (Å²) in [6.07, 6.45) is 5.55. The molecule has 1 aliphatic heterocycles. The number of ether oxygens (including phenoxy) is 1. The van der Waals surface area contributed by atoms with Gasteiger partial charge in [-0.2, -0.15) is 0 Å². The zero-order valence-corrected chi connectivity index (χ0v) is 6.47. The van der Waals surface area contributed by atoms with E-state index in [9.17, 15) is 4.79 Å². The normalized spacial score (nSPS) is 21.5. The van der Waals surface area contributed by atoms with Crippen LogP contribution < -0.4 is 0 Å². The summed E-state index contributed by atoms with van der Waals surface area (Å²) in [5.41, 5.74) is 0.604. The monoisotopic (exact) mass is 177 g/mol. The largest absolute Gasteiger partial charge is 0.459 e. The minimum atomic E-state index is -0.719. The number of carbonyl (C=O) groups excluding carboxylic acids is 1. The van der Waals surface area contributed by atoms with Crippen LogP contribution in [0.5, 0.6) is 0 Å². The van der Waals surface area contributed by atoms with E-state index in [-0.39, 0.29) is 12.0 Å². The van der Waals surface area contributed by atoms with Crippen LogP contribution in [-0.4, -0.2) is 11.2 Å². The van der Waals surface area contributed by atoms with Gasteiger partial charge < -0.3 is 9.84 Å². The smallest absolute Gasteiger partial charge is 0.386 e. The van der Waals surface area contributed by atoms with Crippen LogP contribution in [0, 0.1) is 6.10 Å². The van der Waals surface area contributed by atoms with Gasteiger partial charge in [-0.15, -0.1) is 5.11 Å². The summed E-state index contributed by atoms with van der Waals surface area (Å²) in [6.45, 7) is 0. The zero-order valence-electron chi connectivity index (χ0n) is 6.47. The number of cyclic esters (lactones) is 1. The topological polar surface area (TPSA) is 71.2 Å². The van der Waals surface area contributed by atoms with E-state index in [4.69, 9.17) is 5.11 Å². The van der Waals surface area contributed by atoms with Crippen LogP contribution in [0.4, 0.5) is 4.79 Å². The van der Waals surface area contributed by atoms with Crippen molar-refractivity contribution >= 4 is 6.09 Å². The van der Waals surface area contributed by atoms with Crippen molar-refractivity contribution in [2.45, 2.75) is 0 Å². The molecule has 0 atom stereocenters. The molecule has 1 aliphatic carbocycles. The lowest BCUT2D eigenvalue weighted by Gasteiger charge is -2.04. The molecule has 0 bridgehead atoms. The van der Waals surface area contributed by atoms with Crippen molar-refractivity contribution in [2.24, 2.45) is 10.2 Å². The van der Waals surface area contributed by atoms with Gasteiger partial charge in [-0.05, 0) is 12.2 Å². The summed E-state index contributed by atoms with van der Waals surface area (Å²) in [5.74, 6) is 0.157. The van der Waals surface area contributed by atoms with Gasteiger partial charge in [0.15, 0.2) is 0 Å². The number of carbonyl (C=O) groups is 1. The molecule has 2 rings (SSSR count). The molecule has 2 aliphatic rings. The molecule has 13 heavy (non-hydrogen) atoms. The molecule has 5 nitrogen and oxygen atoms in total. The standard InChI is InChI=1S/C8H5N2O3/c11-6-3-1-5(2-4-6)7-9-10-8(12)13-7/h1-4,11H. The Kier molecular flexibility index (Phi) is 1.79. The van der Waals surface area contributed by atoms with Crippen LogP contribution >= 0.6 is 0 Å². The Labute approximate surface area is 73.7 Å². The molecule has 1 amide bonds. The summed E-state index contributed by atoms with van der Waals surface area (Å²) in [5, 5.41) is 15.7. The van der Waals surface area contributed by atoms with Crippen LogP contribution in [0.25, 0.3) is 0 Å². The van der Waals surface area contributed by atoms with Gasteiger partial charge in [0.25, 0.3) is 5.88 Å². The van der Waals surface area contributed by atoms with Gasteiger partial charge in [-0.3, -0.25) is 0 Å². The minimum absolute atomic E-state index is 0.144. The van der Waals surface area contributed by atoms with E-state index in [0.29, 0.717) is 5.57 Å². The molecule has 1 radical (unpaired) electrons. The first-order chi connectivity index (χ1) is 6.25. The van der Waals surface area contributed by atoms with Gasteiger partial charge in [0.05, 0.1) is 0 Å². The van der Waals surface area contributed by atoms with Crippen molar-refractivity contribution in [3.05, 3.63) is 41.9 Å². The average molecular weight is 177 g/mol. The highest BCUT2D eigenvalue weighted by Gasteiger charge is 2.17. The Hall–Kier alpha value is -1.75. The van der Waals surface area contributed by atoms with Crippen LogP contribution in [0.15, 0.2) is 46.0 Å². The van der Waals surface area contributed by atoms with Crippen LogP contribution in [0.1, 0.15) is 0 Å². The lowest BCUT2D eigenvalue weighted by Crippen LogP contribution is -1.95. The van der Waals surface area contributed by atoms with Gasteiger partial charge in [-0.1, -0.05) is 17.3 Å². The van der Waals surface area contributed by atoms with E-state index >= 15 is 0 Å². The highest BCUT2D eigenvalue weighted by atomic mass is 16.6. The second-order valence-corrected chi connectivity index (χ2v) is 2.42. The highest BCUT2D eigenvalue weighted by molar-refractivity contribution is 5.71. The maximum absolute atomic E-state index is 10.5. The van der Waals surface area contributed by atoms with Crippen LogP contribution in [0.2, 0.25) is 0 Å². The Morgan fingerprint density at radius 1 is 1.15 bits per heavy atom. The Morgan fingerprint density at radius 2 is 1.85 bits per heavy atom. The molecule has 5 heteroatoms. The maximum Gasteiger partial charge on any atom is 0.459 e. The zero-order chi connectivity index (χ0) is 9.26. The number of rotatable bonds is 0. The van der Waals surface area contributed by atoms with Gasteiger partial charge >= 0.3 is 6.09 Å². The van der Waals surface area contributed by atoms with Crippen molar-refractivity contribution < 1.29 is 14.6 Å². The number of hydrogen-bond donors (Lipinski definition) is 1. The van der Waals surface area contributed by atoms with E-state index < -0.39 is 6.09 Å². The molecule has 0 aromatic rings. The SMILES string of the molecule is O=C1N=NC(=C2C=C[C](O)C=C2)O1. The minimum Gasteiger partial charge on any atom is -0.386 e. The number of nitrogens with zero attached hydrogens (tertiary/aromatic N) is 2. The number of azo groups is 1. The van der Waals surface area contributed by atoms with Gasteiger partial charge in [0.1, 0.15) is 6.10 Å². The van der Waals surface area contributed by atoms with E-state index in [0.717, 1.165) is 0 Å². The van der Waals surface area contributed by atoms with Crippen molar-refractivity contribution in [1.82, 2.24) is 0 Å². The van der Waals surface area contributed by atoms with Crippen molar-refractivity contribution in [3.63, 3.8) is 0 Å². The molecule has 0 unspecified atom stereocenters. The third-order valence-corrected chi connectivity index (χ3v) is 1.52. The molecule has 0 spiro atoms. The van der Waals surface area contributed by atoms with E-state index in [1.54, 1.807) is 12.2 Å². The summed E-state index contributed by atoms with van der Waals surface area (Å²) >= 11 is 0. The van der Waals surface area contributed by atoms with E-state index in [1.165, 1.54) is 12.2 Å². The second kappa shape index (κ2) is 2.95. The van der Waals surface area contributed by atoms with Crippen molar-refractivity contribution in [3.8, 4) is 0 Å². The average Bonchev–Trinajstić information content (AvgIpc) is 2.53. The molecule has 1 N–H and O–H groups in total. The molecule has 0 fully saturated rings. The number of allylic oxidation sites excluding steroid dienone is 3. The lowest BCUT2D eigenvalue weighted by atomic mass is 10.1. The summed E-state index contributed by atoms with van der Waals surface area (Å²) in [7, 11) is 0. The third kappa shape index (κ3) is 1.54. The second-order valence-electron chi connectivity index (χ2n) is 2.42. The predicted molar refractivity (Wildman–Crippen MR) is 41.8 cm³/mol. The molecule has 0 saturated heterocycles. The maximum atomic E-state index is 10.5. The van der Waals surface area contributed by atoms with E-state index in [2.05, 4.69) is 15.0 Å². The first kappa shape index (κ1) is 7.88. The highest BCUT2D eigenvalue weighted by Crippen LogP contribution is 2.21. The quantitative estimate of drug-likeness (QED) is 0.613. The predicted octanol–water partition coefficient (Wildman–Crippen LogP) is 1.83. The summed E-state index contributed by atoms with van der Waals surface area (Å²) < 4.78 is 4.65. The first-order valence-electron chi connectivity index (χ1n) is 3.55. The number of amides is 1. The van der Waals surface area contributed by atoms with E-state index in [1.807, 2.05) is 0 Å². The lowest BCUT2D eigenvalue weighted by molar-refractivity contribution is 0.196. The Balaban J connectivity index is 2.27. The summed E-state index contributed by atoms with van der Waals surface area (Å²) in [6, 6.07) is 0. The van der Waals surface area contributed by atoms with Gasteiger partial charge in [0.2, 0.25) is 0 Å². The molecule has 0 saturated carbocycles. The Morgan fingerprint density at radius 3 is 2.38 bits per heavy atom. The third-order valence-electron chi connectivity index (χ3n) is 1.52. The van der Waals surface area contributed by atoms with Crippen LogP contribution in [0.3, 0.4) is 0 Å². The number of aliphatic hydroxyl groups excluding tert-OH is 1. The Bertz CT molecular complexity index is 350. The van der Waals surface area contributed by atoms with Gasteiger partial charge in [-0.25, -0.2) is 4.79 Å². The fourth-order valence-electron chi connectivity index (χ4n) is 0.930. The molecule has 65 valence electrons. The molecular formula is C8H5N2O3. The first-order valence-corrected chi connectivity index (χ1v) is 3.55. The fourth-order valence-corrected chi connectivity index (χ4v) is 0.930. The van der Waals surface area contributed by atoms with Crippen molar-refractivity contribution in [2.75, 3.05) is 0 Å². The van der Waals surface area contributed by atoms with Crippen LogP contribution in [-0.2, 0) is 4.74 Å². The number of aliphatic hydroxyl groups is 1. The molecule has 1 heterocycles. The fraction of sp³-hybridized carbons (Fsp3) is 0. The summed E-state index contributed by atoms with van der Waals surface area (Å²) in [4.78, 5) is 10.5. The van der Waals surface area contributed by atoms with Gasteiger partial charge in [0, 0.05) is 5.57 Å². The molecular weight excluding hydrogens is 172 g/mol. The molecule has 0 aromatic carbocycles.